The molecule has 0 aliphatic carbocycles. The number of carbonyl (C=O) groups excluding carboxylic acids is 1. The Morgan fingerprint density at radius 1 is 1.19 bits per heavy atom. The average Bonchev–Trinajstić information content (AvgIpc) is 2.70. The van der Waals surface area contributed by atoms with Gasteiger partial charge in [-0.3, -0.25) is 4.79 Å². The Balaban J connectivity index is 2.05. The fourth-order valence-electron chi connectivity index (χ4n) is 1.62. The van der Waals surface area contributed by atoms with Crippen molar-refractivity contribution >= 4 is 22.9 Å². The maximum absolute atomic E-state index is 12.0. The Labute approximate surface area is 123 Å². The number of thiophene rings is 1. The molecule has 1 heterocycles. The molecular formula is C14H12F3NO2S. The Morgan fingerprint density at radius 2 is 1.81 bits per heavy atom. The molecule has 0 fully saturated rings. The van der Waals surface area contributed by atoms with Crippen molar-refractivity contribution in [2.75, 3.05) is 5.32 Å². The second-order valence-corrected chi connectivity index (χ2v) is 5.63. The van der Waals surface area contributed by atoms with Crippen molar-refractivity contribution < 1.29 is 22.7 Å². The summed E-state index contributed by atoms with van der Waals surface area (Å²) in [5.41, 5.74) is 1.43. The van der Waals surface area contributed by atoms with Crippen LogP contribution < -0.4 is 10.1 Å². The normalized spacial score (nSPS) is 11.3. The molecule has 0 unspecified atom stereocenters. The lowest BCUT2D eigenvalue weighted by atomic mass is 10.2. The fraction of sp³-hybridized carbons (Fsp3) is 0.214. The number of hydrogen-bond donors (Lipinski definition) is 1. The van der Waals surface area contributed by atoms with Gasteiger partial charge < -0.3 is 10.1 Å². The van der Waals surface area contributed by atoms with Gasteiger partial charge in [0.25, 0.3) is 5.91 Å². The summed E-state index contributed by atoms with van der Waals surface area (Å²) in [4.78, 5) is 13.6. The predicted molar refractivity (Wildman–Crippen MR) is 74.9 cm³/mol. The first-order valence-electron chi connectivity index (χ1n) is 5.99. The Kier molecular flexibility index (Phi) is 4.22. The topological polar surface area (TPSA) is 38.3 Å². The lowest BCUT2D eigenvalue weighted by Gasteiger charge is -2.09. The first-order chi connectivity index (χ1) is 9.74. The van der Waals surface area contributed by atoms with E-state index < -0.39 is 6.36 Å². The number of rotatable bonds is 3. The molecule has 0 aliphatic heterocycles. The quantitative estimate of drug-likeness (QED) is 0.904. The van der Waals surface area contributed by atoms with Crippen LogP contribution in [-0.4, -0.2) is 12.3 Å². The van der Waals surface area contributed by atoms with Crippen molar-refractivity contribution in [2.24, 2.45) is 0 Å². The van der Waals surface area contributed by atoms with Gasteiger partial charge in [-0.2, -0.15) is 0 Å². The minimum absolute atomic E-state index is 0.291. The van der Waals surface area contributed by atoms with Crippen molar-refractivity contribution in [1.82, 2.24) is 0 Å². The van der Waals surface area contributed by atoms with Crippen LogP contribution in [-0.2, 0) is 0 Å². The van der Waals surface area contributed by atoms with Crippen molar-refractivity contribution in [3.05, 3.63) is 45.6 Å². The fourth-order valence-corrected chi connectivity index (χ4v) is 2.55. The molecule has 0 aliphatic rings. The standard InChI is InChI=1S/C14H12F3NO2S/c1-8-7-12(21-9(8)2)13(19)18-10-3-5-11(6-4-10)20-14(15,16)17/h3-7H,1-2H3,(H,18,19). The Hall–Kier alpha value is -2.02. The second kappa shape index (κ2) is 5.77. The minimum Gasteiger partial charge on any atom is -0.406 e. The van der Waals surface area contributed by atoms with Crippen LogP contribution in [0.3, 0.4) is 0 Å². The molecule has 1 amide bonds. The molecule has 1 aromatic carbocycles. The molecule has 0 atom stereocenters. The summed E-state index contributed by atoms with van der Waals surface area (Å²) in [6, 6.07) is 6.77. The summed E-state index contributed by atoms with van der Waals surface area (Å²) in [7, 11) is 0. The number of halogens is 3. The molecule has 21 heavy (non-hydrogen) atoms. The zero-order valence-corrected chi connectivity index (χ0v) is 12.1. The van der Waals surface area contributed by atoms with Gasteiger partial charge in [0, 0.05) is 10.6 Å². The molecule has 0 spiro atoms. The number of aryl methyl sites for hydroxylation is 2. The molecule has 0 saturated carbocycles. The SMILES string of the molecule is Cc1cc(C(=O)Nc2ccc(OC(F)(F)F)cc2)sc1C. The summed E-state index contributed by atoms with van der Waals surface area (Å²) < 4.78 is 39.8. The van der Waals surface area contributed by atoms with Crippen LogP contribution in [0.15, 0.2) is 30.3 Å². The van der Waals surface area contributed by atoms with Gasteiger partial charge in [0.1, 0.15) is 5.75 Å². The van der Waals surface area contributed by atoms with E-state index in [1.807, 2.05) is 13.8 Å². The molecule has 0 bridgehead atoms. The molecule has 2 rings (SSSR count). The van der Waals surface area contributed by atoms with Crippen molar-refractivity contribution in [3.8, 4) is 5.75 Å². The van der Waals surface area contributed by atoms with E-state index in [-0.39, 0.29) is 11.7 Å². The first kappa shape index (κ1) is 15.4. The number of anilines is 1. The third kappa shape index (κ3) is 4.22. The molecule has 7 heteroatoms. The summed E-state index contributed by atoms with van der Waals surface area (Å²) in [6.45, 7) is 3.83. The van der Waals surface area contributed by atoms with Gasteiger partial charge in [0.15, 0.2) is 0 Å². The third-order valence-electron chi connectivity index (χ3n) is 2.74. The smallest absolute Gasteiger partial charge is 0.406 e. The van der Waals surface area contributed by atoms with E-state index in [0.717, 1.165) is 22.6 Å². The lowest BCUT2D eigenvalue weighted by Crippen LogP contribution is -2.17. The largest absolute Gasteiger partial charge is 0.573 e. The average molecular weight is 315 g/mol. The predicted octanol–water partition coefficient (Wildman–Crippen LogP) is 4.52. The highest BCUT2D eigenvalue weighted by molar-refractivity contribution is 7.14. The zero-order chi connectivity index (χ0) is 15.6. The van der Waals surface area contributed by atoms with Crippen LogP contribution in [0.1, 0.15) is 20.1 Å². The molecule has 1 N–H and O–H groups in total. The monoisotopic (exact) mass is 315 g/mol. The van der Waals surface area contributed by atoms with Crippen LogP contribution in [0.4, 0.5) is 18.9 Å². The molecule has 0 saturated heterocycles. The molecule has 112 valence electrons. The molecule has 1 aromatic heterocycles. The van der Waals surface area contributed by atoms with Crippen molar-refractivity contribution in [2.45, 2.75) is 20.2 Å². The van der Waals surface area contributed by atoms with Gasteiger partial charge >= 0.3 is 6.36 Å². The van der Waals surface area contributed by atoms with Gasteiger partial charge in [0.05, 0.1) is 4.88 Å². The summed E-state index contributed by atoms with van der Waals surface area (Å²) in [5.74, 6) is -0.621. The van der Waals surface area contributed by atoms with Crippen molar-refractivity contribution in [1.29, 1.82) is 0 Å². The highest BCUT2D eigenvalue weighted by Crippen LogP contribution is 2.25. The van der Waals surface area contributed by atoms with Gasteiger partial charge in [-0.25, -0.2) is 0 Å². The highest BCUT2D eigenvalue weighted by Gasteiger charge is 2.30. The number of alkyl halides is 3. The molecule has 3 nitrogen and oxygen atoms in total. The summed E-state index contributed by atoms with van der Waals surface area (Å²) in [6.07, 6.45) is -4.73. The van der Waals surface area contributed by atoms with Crippen LogP contribution in [0, 0.1) is 13.8 Å². The number of nitrogens with one attached hydrogen (secondary N) is 1. The van der Waals surface area contributed by atoms with E-state index in [0.29, 0.717) is 10.6 Å². The third-order valence-corrected chi connectivity index (χ3v) is 3.89. The van der Waals surface area contributed by atoms with Gasteiger partial charge in [-0.1, -0.05) is 0 Å². The maximum Gasteiger partial charge on any atom is 0.573 e. The number of ether oxygens (including phenoxy) is 1. The first-order valence-corrected chi connectivity index (χ1v) is 6.80. The number of carbonyl (C=O) groups is 1. The molecule has 0 radical (unpaired) electrons. The Morgan fingerprint density at radius 3 is 2.29 bits per heavy atom. The van der Waals surface area contributed by atoms with Crippen molar-refractivity contribution in [3.63, 3.8) is 0 Å². The van der Waals surface area contributed by atoms with Crippen LogP contribution in [0.5, 0.6) is 5.75 Å². The van der Waals surface area contributed by atoms with Gasteiger partial charge in [0.2, 0.25) is 0 Å². The van der Waals surface area contributed by atoms with E-state index in [1.54, 1.807) is 6.07 Å². The van der Waals surface area contributed by atoms with E-state index in [1.165, 1.54) is 23.5 Å². The van der Waals surface area contributed by atoms with Crippen LogP contribution in [0.2, 0.25) is 0 Å². The van der Waals surface area contributed by atoms with E-state index in [9.17, 15) is 18.0 Å². The zero-order valence-electron chi connectivity index (χ0n) is 11.2. The van der Waals surface area contributed by atoms with Crippen LogP contribution in [0.25, 0.3) is 0 Å². The Bertz CT molecular complexity index is 628. The van der Waals surface area contributed by atoms with E-state index in [2.05, 4.69) is 10.1 Å². The van der Waals surface area contributed by atoms with Crippen LogP contribution >= 0.6 is 11.3 Å². The lowest BCUT2D eigenvalue weighted by molar-refractivity contribution is -0.274. The number of hydrogen-bond acceptors (Lipinski definition) is 3. The molecular weight excluding hydrogens is 303 g/mol. The molecule has 2 aromatic rings. The number of amides is 1. The minimum atomic E-state index is -4.73. The highest BCUT2D eigenvalue weighted by atomic mass is 32.1. The van der Waals surface area contributed by atoms with E-state index >= 15 is 0 Å². The van der Waals surface area contributed by atoms with Gasteiger partial charge in [-0.05, 0) is 49.7 Å². The maximum atomic E-state index is 12.0. The van der Waals surface area contributed by atoms with Gasteiger partial charge in [-0.15, -0.1) is 24.5 Å². The second-order valence-electron chi connectivity index (χ2n) is 4.38. The summed E-state index contributed by atoms with van der Waals surface area (Å²) in [5, 5.41) is 2.62. The van der Waals surface area contributed by atoms with E-state index in [4.69, 9.17) is 0 Å². The summed E-state index contributed by atoms with van der Waals surface area (Å²) >= 11 is 1.37. The number of benzene rings is 1.